The molecule has 0 bridgehead atoms. The zero-order valence-corrected chi connectivity index (χ0v) is 17.7. The average molecular weight is 427 g/mol. The van der Waals surface area contributed by atoms with Crippen LogP contribution in [-0.2, 0) is 0 Å². The molecule has 4 rings (SSSR count). The normalized spacial score (nSPS) is 30.7. The summed E-state index contributed by atoms with van der Waals surface area (Å²) >= 11 is 0. The van der Waals surface area contributed by atoms with E-state index in [1.165, 1.54) is 69.9 Å². The zero-order valence-electron chi connectivity index (χ0n) is 17.7. The van der Waals surface area contributed by atoms with Crippen LogP contribution in [0.2, 0.25) is 0 Å². The van der Waals surface area contributed by atoms with Crippen LogP contribution in [0.4, 0.5) is 17.6 Å². The fourth-order valence-electron chi connectivity index (χ4n) is 6.55. The van der Waals surface area contributed by atoms with Crippen LogP contribution < -0.4 is 4.74 Å². The van der Waals surface area contributed by atoms with Gasteiger partial charge in [0, 0.05) is 0 Å². The third-order valence-electron chi connectivity index (χ3n) is 8.17. The summed E-state index contributed by atoms with van der Waals surface area (Å²) in [4.78, 5) is 0. The first kappa shape index (κ1) is 22.0. The Labute approximate surface area is 177 Å². The summed E-state index contributed by atoms with van der Waals surface area (Å²) in [6.45, 7) is -3.23. The molecule has 0 spiro atoms. The van der Waals surface area contributed by atoms with Gasteiger partial charge in [-0.25, -0.2) is 8.78 Å². The highest BCUT2D eigenvalue weighted by Gasteiger charge is 2.33. The molecule has 1 nitrogen and oxygen atoms in total. The molecule has 3 aliphatic rings. The van der Waals surface area contributed by atoms with Crippen molar-refractivity contribution in [2.24, 2.45) is 23.7 Å². The van der Waals surface area contributed by atoms with Crippen molar-refractivity contribution in [1.29, 1.82) is 0 Å². The minimum absolute atomic E-state index is 0.101. The van der Waals surface area contributed by atoms with Crippen LogP contribution in [0.1, 0.15) is 95.0 Å². The third-order valence-corrected chi connectivity index (χ3v) is 8.17. The Morgan fingerprint density at radius 3 is 1.77 bits per heavy atom. The molecule has 0 amide bonds. The van der Waals surface area contributed by atoms with Gasteiger partial charge < -0.3 is 4.74 Å². The molecule has 0 aromatic heterocycles. The lowest BCUT2D eigenvalue weighted by Gasteiger charge is -2.38. The molecule has 0 atom stereocenters. The number of ether oxygens (including phenoxy) is 1. The lowest BCUT2D eigenvalue weighted by molar-refractivity contribution is -0.0546. The molecule has 0 N–H and O–H groups in total. The predicted molar refractivity (Wildman–Crippen MR) is 110 cm³/mol. The number of alkyl halides is 2. The van der Waals surface area contributed by atoms with Crippen LogP contribution in [0.15, 0.2) is 12.1 Å². The van der Waals surface area contributed by atoms with Crippen molar-refractivity contribution in [3.05, 3.63) is 29.3 Å². The van der Waals surface area contributed by atoms with Crippen molar-refractivity contribution in [2.75, 3.05) is 0 Å². The van der Waals surface area contributed by atoms with Gasteiger partial charge in [-0.3, -0.25) is 0 Å². The molecule has 0 radical (unpaired) electrons. The van der Waals surface area contributed by atoms with Gasteiger partial charge in [0.15, 0.2) is 17.4 Å². The number of hydrogen-bond acceptors (Lipinski definition) is 1. The van der Waals surface area contributed by atoms with E-state index >= 15 is 0 Å². The second-order valence-corrected chi connectivity index (χ2v) is 9.97. The fraction of sp³-hybridized carbons (Fsp3) is 0.760. The van der Waals surface area contributed by atoms with Crippen LogP contribution in [0.3, 0.4) is 0 Å². The van der Waals surface area contributed by atoms with Gasteiger partial charge in [0.1, 0.15) is 0 Å². The summed E-state index contributed by atoms with van der Waals surface area (Å²) in [5.74, 6) is 0.508. The molecule has 0 unspecified atom stereocenters. The summed E-state index contributed by atoms with van der Waals surface area (Å²) < 4.78 is 56.8. The molecule has 1 aromatic rings. The fourth-order valence-corrected chi connectivity index (χ4v) is 6.55. The van der Waals surface area contributed by atoms with Crippen molar-refractivity contribution in [2.45, 2.75) is 96.0 Å². The van der Waals surface area contributed by atoms with E-state index in [9.17, 15) is 17.6 Å². The first-order chi connectivity index (χ1) is 14.5. The van der Waals surface area contributed by atoms with Crippen LogP contribution >= 0.6 is 0 Å². The van der Waals surface area contributed by atoms with Crippen molar-refractivity contribution in [1.82, 2.24) is 0 Å². The molecule has 1 aromatic carbocycles. The smallest absolute Gasteiger partial charge is 0.387 e. The van der Waals surface area contributed by atoms with E-state index in [4.69, 9.17) is 0 Å². The Balaban J connectivity index is 1.26. The Bertz CT molecular complexity index is 661. The number of benzene rings is 1. The first-order valence-electron chi connectivity index (χ1n) is 11.9. The summed E-state index contributed by atoms with van der Waals surface area (Å²) in [5.41, 5.74) is 0.574. The summed E-state index contributed by atoms with van der Waals surface area (Å²) in [6.07, 6.45) is 16.7. The summed E-state index contributed by atoms with van der Waals surface area (Å²) in [7, 11) is 0. The zero-order chi connectivity index (χ0) is 21.1. The quantitative estimate of drug-likeness (QED) is 0.416. The molecular formula is C25H34F4O. The number of rotatable bonds is 6. The van der Waals surface area contributed by atoms with Crippen molar-refractivity contribution in [3.8, 4) is 5.75 Å². The van der Waals surface area contributed by atoms with Gasteiger partial charge in [0.2, 0.25) is 0 Å². The van der Waals surface area contributed by atoms with Gasteiger partial charge in [-0.15, -0.1) is 0 Å². The molecule has 3 fully saturated rings. The van der Waals surface area contributed by atoms with E-state index in [0.29, 0.717) is 5.56 Å². The maximum absolute atomic E-state index is 14.1. The Morgan fingerprint density at radius 1 is 0.733 bits per heavy atom. The molecule has 3 aliphatic carbocycles. The van der Waals surface area contributed by atoms with Gasteiger partial charge >= 0.3 is 6.61 Å². The van der Waals surface area contributed by atoms with Gasteiger partial charge in [-0.05, 0) is 92.2 Å². The average Bonchev–Trinajstić information content (AvgIpc) is 3.24. The highest BCUT2D eigenvalue weighted by molar-refractivity contribution is 5.33. The van der Waals surface area contributed by atoms with Crippen LogP contribution in [0.25, 0.3) is 0 Å². The maximum atomic E-state index is 14.1. The highest BCUT2D eigenvalue weighted by atomic mass is 19.3. The standard InChI is InChI=1S/C25H34F4O/c26-22-14-21(15-23(27)24(22)30-25(28)29)20-11-9-19(10-12-20)18-7-5-17(6-8-18)13-16-3-1-2-4-16/h14-20,25H,1-13H2. The summed E-state index contributed by atoms with van der Waals surface area (Å²) in [6, 6.07) is 2.36. The SMILES string of the molecule is Fc1cc(C2CCC(C3CCC(CC4CCCC4)CC3)CC2)cc(F)c1OC(F)F. The molecule has 0 aliphatic heterocycles. The molecule has 30 heavy (non-hydrogen) atoms. The van der Waals surface area contributed by atoms with E-state index in [1.807, 2.05) is 0 Å². The van der Waals surface area contributed by atoms with E-state index in [-0.39, 0.29) is 5.92 Å². The maximum Gasteiger partial charge on any atom is 0.387 e. The number of hydrogen-bond donors (Lipinski definition) is 0. The van der Waals surface area contributed by atoms with E-state index < -0.39 is 24.0 Å². The highest BCUT2D eigenvalue weighted by Crippen LogP contribution is 2.46. The largest absolute Gasteiger partial charge is 0.429 e. The molecule has 5 heteroatoms. The van der Waals surface area contributed by atoms with E-state index in [0.717, 1.165) is 49.4 Å². The Hall–Kier alpha value is -1.26. The second kappa shape index (κ2) is 9.91. The monoisotopic (exact) mass is 426 g/mol. The number of halogens is 4. The summed E-state index contributed by atoms with van der Waals surface area (Å²) in [5, 5.41) is 0. The van der Waals surface area contributed by atoms with Crippen LogP contribution in [0, 0.1) is 35.3 Å². The van der Waals surface area contributed by atoms with E-state index in [2.05, 4.69) is 4.74 Å². The molecule has 168 valence electrons. The topological polar surface area (TPSA) is 9.23 Å². The second-order valence-electron chi connectivity index (χ2n) is 9.97. The molecule has 0 saturated heterocycles. The minimum atomic E-state index is -3.23. The van der Waals surface area contributed by atoms with Gasteiger partial charge in [-0.2, -0.15) is 8.78 Å². The van der Waals surface area contributed by atoms with Gasteiger partial charge in [0.05, 0.1) is 0 Å². The molecule has 3 saturated carbocycles. The lowest BCUT2D eigenvalue weighted by Crippen LogP contribution is -2.26. The predicted octanol–water partition coefficient (Wildman–Crippen LogP) is 8.23. The lowest BCUT2D eigenvalue weighted by atomic mass is 9.67. The van der Waals surface area contributed by atoms with Crippen molar-refractivity contribution >= 4 is 0 Å². The van der Waals surface area contributed by atoms with E-state index in [1.54, 1.807) is 0 Å². The van der Waals surface area contributed by atoms with Crippen LogP contribution in [-0.4, -0.2) is 6.61 Å². The third kappa shape index (κ3) is 5.31. The minimum Gasteiger partial charge on any atom is -0.429 e. The van der Waals surface area contributed by atoms with Crippen LogP contribution in [0.5, 0.6) is 5.75 Å². The molecule has 0 heterocycles. The Morgan fingerprint density at radius 2 is 1.23 bits per heavy atom. The Kier molecular flexibility index (Phi) is 7.25. The van der Waals surface area contributed by atoms with Gasteiger partial charge in [0.25, 0.3) is 0 Å². The van der Waals surface area contributed by atoms with Crippen molar-refractivity contribution in [3.63, 3.8) is 0 Å². The first-order valence-corrected chi connectivity index (χ1v) is 11.9. The van der Waals surface area contributed by atoms with Gasteiger partial charge in [-0.1, -0.05) is 38.5 Å². The molecular weight excluding hydrogens is 392 g/mol. The van der Waals surface area contributed by atoms with Crippen molar-refractivity contribution < 1.29 is 22.3 Å².